The Hall–Kier alpha value is -2.05. The first kappa shape index (κ1) is 18.3. The van der Waals surface area contributed by atoms with Gasteiger partial charge in [-0.05, 0) is 36.2 Å². The quantitative estimate of drug-likeness (QED) is 0.821. The first-order chi connectivity index (χ1) is 11.3. The van der Waals surface area contributed by atoms with Gasteiger partial charge >= 0.3 is 0 Å². The van der Waals surface area contributed by atoms with E-state index in [2.05, 4.69) is 10.0 Å². The SMILES string of the molecule is CC(C)CNC(=O)c1ccc(NS(=O)(=O)c2ccccc2)cc1Cl. The summed E-state index contributed by atoms with van der Waals surface area (Å²) in [4.78, 5) is 12.2. The van der Waals surface area contributed by atoms with Gasteiger partial charge in [-0.2, -0.15) is 0 Å². The van der Waals surface area contributed by atoms with Crippen molar-refractivity contribution < 1.29 is 13.2 Å². The van der Waals surface area contributed by atoms with Crippen LogP contribution >= 0.6 is 11.6 Å². The number of hydrogen-bond donors (Lipinski definition) is 2. The molecule has 0 aliphatic rings. The van der Waals surface area contributed by atoms with Crippen LogP contribution in [0.1, 0.15) is 24.2 Å². The van der Waals surface area contributed by atoms with Crippen molar-refractivity contribution in [3.63, 3.8) is 0 Å². The van der Waals surface area contributed by atoms with E-state index in [1.807, 2.05) is 13.8 Å². The summed E-state index contributed by atoms with van der Waals surface area (Å²) in [5.41, 5.74) is 0.601. The predicted octanol–water partition coefficient (Wildman–Crippen LogP) is 3.53. The molecule has 7 heteroatoms. The molecule has 128 valence electrons. The number of carbonyl (C=O) groups excluding carboxylic acids is 1. The number of benzene rings is 2. The standard InChI is InChI=1S/C17H19ClN2O3S/c1-12(2)11-19-17(21)15-9-8-13(10-16(15)18)20-24(22,23)14-6-4-3-5-7-14/h3-10,12,20H,11H2,1-2H3,(H,19,21). The minimum absolute atomic E-state index is 0.153. The Bertz CT molecular complexity index is 821. The summed E-state index contributed by atoms with van der Waals surface area (Å²) >= 11 is 6.12. The van der Waals surface area contributed by atoms with Crippen molar-refractivity contribution >= 4 is 33.2 Å². The number of halogens is 1. The van der Waals surface area contributed by atoms with Gasteiger partial charge in [0.15, 0.2) is 0 Å². The monoisotopic (exact) mass is 366 g/mol. The van der Waals surface area contributed by atoms with Crippen LogP contribution in [0.2, 0.25) is 5.02 Å². The normalized spacial score (nSPS) is 11.3. The topological polar surface area (TPSA) is 75.3 Å². The average Bonchev–Trinajstić information content (AvgIpc) is 2.53. The third-order valence-corrected chi connectivity index (χ3v) is 4.90. The molecular formula is C17H19ClN2O3S. The van der Waals surface area contributed by atoms with Crippen LogP contribution in [0.3, 0.4) is 0 Å². The van der Waals surface area contributed by atoms with Crippen LogP contribution in [-0.2, 0) is 10.0 Å². The molecule has 0 spiro atoms. The molecule has 24 heavy (non-hydrogen) atoms. The summed E-state index contributed by atoms with van der Waals surface area (Å²) in [6.45, 7) is 4.52. The molecule has 0 aliphatic heterocycles. The number of nitrogens with one attached hydrogen (secondary N) is 2. The van der Waals surface area contributed by atoms with Crippen LogP contribution in [0.25, 0.3) is 0 Å². The molecule has 0 aromatic heterocycles. The van der Waals surface area contributed by atoms with Crippen LogP contribution in [0, 0.1) is 5.92 Å². The van der Waals surface area contributed by atoms with E-state index in [1.54, 1.807) is 18.2 Å². The summed E-state index contributed by atoms with van der Waals surface area (Å²) in [5.74, 6) is 0.0378. The van der Waals surface area contributed by atoms with E-state index in [9.17, 15) is 13.2 Å². The van der Waals surface area contributed by atoms with Gasteiger partial charge in [0.1, 0.15) is 0 Å². The highest BCUT2D eigenvalue weighted by molar-refractivity contribution is 7.92. The number of anilines is 1. The number of amides is 1. The second-order valence-electron chi connectivity index (χ2n) is 5.72. The average molecular weight is 367 g/mol. The fraction of sp³-hybridized carbons (Fsp3) is 0.235. The summed E-state index contributed by atoms with van der Waals surface area (Å²) in [7, 11) is -3.69. The molecule has 2 rings (SSSR count). The lowest BCUT2D eigenvalue weighted by molar-refractivity contribution is 0.0949. The summed E-state index contributed by atoms with van der Waals surface area (Å²) < 4.78 is 27.0. The van der Waals surface area contributed by atoms with Gasteiger partial charge in [0, 0.05) is 6.54 Å². The zero-order valence-corrected chi connectivity index (χ0v) is 15.0. The highest BCUT2D eigenvalue weighted by Gasteiger charge is 2.16. The second kappa shape index (κ2) is 7.68. The molecule has 0 bridgehead atoms. The molecule has 0 saturated carbocycles. The maximum atomic E-state index is 12.3. The van der Waals surface area contributed by atoms with Crippen LogP contribution in [0.15, 0.2) is 53.4 Å². The number of rotatable bonds is 6. The molecule has 2 aromatic carbocycles. The van der Waals surface area contributed by atoms with Crippen molar-refractivity contribution in [3.05, 3.63) is 59.1 Å². The van der Waals surface area contributed by atoms with Gasteiger partial charge in [0.05, 0.1) is 21.2 Å². The van der Waals surface area contributed by atoms with E-state index in [4.69, 9.17) is 11.6 Å². The van der Waals surface area contributed by atoms with Gasteiger partial charge in [-0.1, -0.05) is 43.6 Å². The van der Waals surface area contributed by atoms with Gasteiger partial charge in [0.25, 0.3) is 15.9 Å². The van der Waals surface area contributed by atoms with Gasteiger partial charge in [-0.25, -0.2) is 8.42 Å². The third kappa shape index (κ3) is 4.72. The van der Waals surface area contributed by atoms with E-state index in [1.165, 1.54) is 30.3 Å². The molecule has 0 saturated heterocycles. The fourth-order valence-corrected chi connectivity index (χ4v) is 3.31. The molecule has 0 aliphatic carbocycles. The smallest absolute Gasteiger partial charge is 0.261 e. The first-order valence-electron chi connectivity index (χ1n) is 7.45. The molecule has 1 amide bonds. The zero-order valence-electron chi connectivity index (χ0n) is 13.4. The van der Waals surface area contributed by atoms with E-state index in [0.29, 0.717) is 23.7 Å². The lowest BCUT2D eigenvalue weighted by atomic mass is 10.1. The van der Waals surface area contributed by atoms with Crippen molar-refractivity contribution in [2.24, 2.45) is 5.92 Å². The zero-order chi connectivity index (χ0) is 17.7. The Kier molecular flexibility index (Phi) is 5.85. The van der Waals surface area contributed by atoms with E-state index in [0.717, 1.165) is 0 Å². The maximum absolute atomic E-state index is 12.3. The van der Waals surface area contributed by atoms with Gasteiger partial charge in [-0.3, -0.25) is 9.52 Å². The highest BCUT2D eigenvalue weighted by Crippen LogP contribution is 2.23. The highest BCUT2D eigenvalue weighted by atomic mass is 35.5. The summed E-state index contributed by atoms with van der Waals surface area (Å²) in [6, 6.07) is 12.5. The van der Waals surface area contributed by atoms with E-state index in [-0.39, 0.29) is 15.8 Å². The van der Waals surface area contributed by atoms with E-state index >= 15 is 0 Å². The van der Waals surface area contributed by atoms with Crippen LogP contribution < -0.4 is 10.0 Å². The van der Waals surface area contributed by atoms with Crippen molar-refractivity contribution in [2.75, 3.05) is 11.3 Å². The van der Waals surface area contributed by atoms with Crippen molar-refractivity contribution in [3.8, 4) is 0 Å². The van der Waals surface area contributed by atoms with Crippen molar-refractivity contribution in [2.45, 2.75) is 18.7 Å². The Balaban J connectivity index is 2.17. The molecule has 2 aromatic rings. The largest absolute Gasteiger partial charge is 0.352 e. The Morgan fingerprint density at radius 2 is 1.79 bits per heavy atom. The van der Waals surface area contributed by atoms with Crippen LogP contribution in [0.4, 0.5) is 5.69 Å². The molecule has 2 N–H and O–H groups in total. The van der Waals surface area contributed by atoms with Crippen molar-refractivity contribution in [1.82, 2.24) is 5.32 Å². The Morgan fingerprint density at radius 1 is 1.12 bits per heavy atom. The van der Waals surface area contributed by atoms with Gasteiger partial charge < -0.3 is 5.32 Å². The summed E-state index contributed by atoms with van der Waals surface area (Å²) in [5, 5.41) is 2.96. The molecule has 0 radical (unpaired) electrons. The first-order valence-corrected chi connectivity index (χ1v) is 9.31. The maximum Gasteiger partial charge on any atom is 0.261 e. The minimum Gasteiger partial charge on any atom is -0.352 e. The molecule has 0 unspecified atom stereocenters. The van der Waals surface area contributed by atoms with Gasteiger partial charge in [-0.15, -0.1) is 0 Å². The second-order valence-corrected chi connectivity index (χ2v) is 7.81. The van der Waals surface area contributed by atoms with Crippen molar-refractivity contribution in [1.29, 1.82) is 0 Å². The van der Waals surface area contributed by atoms with Crippen LogP contribution in [-0.4, -0.2) is 20.9 Å². The lowest BCUT2D eigenvalue weighted by Gasteiger charge is -2.11. The minimum atomic E-state index is -3.69. The molecule has 5 nitrogen and oxygen atoms in total. The molecule has 0 fully saturated rings. The van der Waals surface area contributed by atoms with Crippen LogP contribution in [0.5, 0.6) is 0 Å². The molecule has 0 atom stereocenters. The summed E-state index contributed by atoms with van der Waals surface area (Å²) in [6.07, 6.45) is 0. The number of sulfonamides is 1. The fourth-order valence-electron chi connectivity index (χ4n) is 1.97. The Morgan fingerprint density at radius 3 is 2.38 bits per heavy atom. The number of hydrogen-bond acceptors (Lipinski definition) is 3. The third-order valence-electron chi connectivity index (χ3n) is 3.19. The number of carbonyl (C=O) groups is 1. The Labute approximate surface area is 147 Å². The molecular weight excluding hydrogens is 348 g/mol. The van der Waals surface area contributed by atoms with Gasteiger partial charge in [0.2, 0.25) is 0 Å². The lowest BCUT2D eigenvalue weighted by Crippen LogP contribution is -2.27. The van der Waals surface area contributed by atoms with E-state index < -0.39 is 10.0 Å². The predicted molar refractivity (Wildman–Crippen MR) is 95.9 cm³/mol. The molecule has 0 heterocycles.